The van der Waals surface area contributed by atoms with E-state index in [1.54, 1.807) is 0 Å². The Morgan fingerprint density at radius 1 is 1.28 bits per heavy atom. The van der Waals surface area contributed by atoms with E-state index in [9.17, 15) is 19.5 Å². The summed E-state index contributed by atoms with van der Waals surface area (Å²) in [4.78, 5) is 38.2. The number of hydrogen-bond donors (Lipinski definition) is 1. The number of imide groups is 1. The Kier molecular flexibility index (Phi) is 6.81. The van der Waals surface area contributed by atoms with Gasteiger partial charge >= 0.3 is 12.1 Å². The van der Waals surface area contributed by atoms with Gasteiger partial charge in [-0.1, -0.05) is 32.4 Å². The average molecular weight is 446 g/mol. The lowest BCUT2D eigenvalue weighted by atomic mass is 9.92. The summed E-state index contributed by atoms with van der Waals surface area (Å²) in [6.07, 6.45) is 1.81. The van der Waals surface area contributed by atoms with Gasteiger partial charge in [0.1, 0.15) is 30.3 Å². The van der Waals surface area contributed by atoms with Crippen LogP contribution < -0.4 is 4.74 Å². The number of rotatable bonds is 7. The fraction of sp³-hybridized carbons (Fsp3) is 0.542. The molecule has 1 saturated heterocycles. The van der Waals surface area contributed by atoms with Gasteiger partial charge in [-0.25, -0.2) is 14.5 Å². The first kappa shape index (κ1) is 23.6. The highest BCUT2D eigenvalue weighted by molar-refractivity contribution is 5.98. The molecule has 174 valence electrons. The van der Waals surface area contributed by atoms with Crippen LogP contribution in [0.3, 0.4) is 0 Å². The number of ether oxygens (including phenoxy) is 3. The molecule has 0 saturated carbocycles. The molecule has 8 nitrogen and oxygen atoms in total. The Morgan fingerprint density at radius 2 is 1.97 bits per heavy atom. The van der Waals surface area contributed by atoms with Crippen LogP contribution in [0.25, 0.3) is 0 Å². The Hall–Kier alpha value is -3.03. The van der Waals surface area contributed by atoms with Gasteiger partial charge < -0.3 is 19.3 Å². The number of nitrogens with zero attached hydrogens (tertiary/aromatic N) is 1. The molecule has 2 aliphatic heterocycles. The molecule has 1 fully saturated rings. The molecule has 2 amide bonds. The van der Waals surface area contributed by atoms with Crippen molar-refractivity contribution in [3.63, 3.8) is 0 Å². The van der Waals surface area contributed by atoms with Crippen molar-refractivity contribution in [2.45, 2.75) is 60.1 Å². The van der Waals surface area contributed by atoms with Crippen LogP contribution in [-0.2, 0) is 27.3 Å². The highest BCUT2D eigenvalue weighted by Gasteiger charge is 2.39. The van der Waals surface area contributed by atoms with Crippen molar-refractivity contribution in [1.29, 1.82) is 0 Å². The lowest BCUT2D eigenvalue weighted by Gasteiger charge is -2.24. The van der Waals surface area contributed by atoms with Crippen LogP contribution in [-0.4, -0.2) is 47.7 Å². The zero-order valence-corrected chi connectivity index (χ0v) is 19.5. The Labute approximate surface area is 188 Å². The molecule has 2 heterocycles. The molecule has 3 rings (SSSR count). The third kappa shape index (κ3) is 4.18. The number of allylic oxidation sites excluding steroid dienone is 2. The molecule has 8 heteroatoms. The number of benzene rings is 1. The van der Waals surface area contributed by atoms with Crippen molar-refractivity contribution in [2.24, 2.45) is 11.8 Å². The van der Waals surface area contributed by atoms with Crippen molar-refractivity contribution in [2.75, 3.05) is 13.7 Å². The molecule has 0 aliphatic carbocycles. The van der Waals surface area contributed by atoms with E-state index in [0.29, 0.717) is 23.3 Å². The predicted molar refractivity (Wildman–Crippen MR) is 117 cm³/mol. The van der Waals surface area contributed by atoms with Crippen molar-refractivity contribution < 1.29 is 33.7 Å². The van der Waals surface area contributed by atoms with E-state index >= 15 is 0 Å². The number of methoxy groups -OCH3 is 1. The third-order valence-corrected chi connectivity index (χ3v) is 6.48. The minimum absolute atomic E-state index is 0.113. The summed E-state index contributed by atoms with van der Waals surface area (Å²) in [6.45, 7) is 9.90. The maximum absolute atomic E-state index is 12.8. The zero-order valence-electron chi connectivity index (χ0n) is 19.5. The number of hydrogen-bond acceptors (Lipinski definition) is 7. The minimum atomic E-state index is -0.585. The highest BCUT2D eigenvalue weighted by atomic mass is 16.6. The first-order valence-corrected chi connectivity index (χ1v) is 10.8. The number of carbonyl (C=O) groups excluding carboxylic acids is 3. The van der Waals surface area contributed by atoms with E-state index in [2.05, 4.69) is 0 Å². The normalized spacial score (nSPS) is 19.2. The topological polar surface area (TPSA) is 102 Å². The highest BCUT2D eigenvalue weighted by Crippen LogP contribution is 2.42. The van der Waals surface area contributed by atoms with E-state index in [4.69, 9.17) is 14.2 Å². The number of amides is 2. The number of esters is 1. The van der Waals surface area contributed by atoms with Crippen LogP contribution in [0.15, 0.2) is 11.6 Å². The molecule has 2 aliphatic rings. The van der Waals surface area contributed by atoms with Crippen LogP contribution in [0.4, 0.5) is 4.79 Å². The van der Waals surface area contributed by atoms with Crippen molar-refractivity contribution in [3.8, 4) is 11.5 Å². The fourth-order valence-electron chi connectivity index (χ4n) is 4.23. The van der Waals surface area contributed by atoms with Gasteiger partial charge in [0.05, 0.1) is 13.2 Å². The van der Waals surface area contributed by atoms with Gasteiger partial charge in [-0.3, -0.25) is 4.79 Å². The number of phenolic OH excluding ortho intramolecular Hbond substituents is 1. The van der Waals surface area contributed by atoms with E-state index in [0.717, 1.165) is 11.1 Å². The lowest BCUT2D eigenvalue weighted by Crippen LogP contribution is -2.42. The summed E-state index contributed by atoms with van der Waals surface area (Å²) >= 11 is 0. The van der Waals surface area contributed by atoms with Gasteiger partial charge in [0, 0.05) is 17.5 Å². The molecule has 1 N–H and O–H groups in total. The van der Waals surface area contributed by atoms with Crippen LogP contribution >= 0.6 is 0 Å². The summed E-state index contributed by atoms with van der Waals surface area (Å²) < 4.78 is 15.7. The first-order chi connectivity index (χ1) is 15.1. The zero-order chi connectivity index (χ0) is 23.7. The molecule has 32 heavy (non-hydrogen) atoms. The third-order valence-electron chi connectivity index (χ3n) is 6.48. The van der Waals surface area contributed by atoms with E-state index in [-0.39, 0.29) is 54.7 Å². The van der Waals surface area contributed by atoms with Crippen molar-refractivity contribution in [1.82, 2.24) is 4.90 Å². The average Bonchev–Trinajstić information content (AvgIpc) is 3.32. The van der Waals surface area contributed by atoms with Gasteiger partial charge in [0.15, 0.2) is 0 Å². The molecular formula is C24H31NO7. The van der Waals surface area contributed by atoms with E-state index in [1.807, 2.05) is 40.7 Å². The Balaban J connectivity index is 1.78. The number of phenols is 1. The second-order valence-corrected chi connectivity index (χ2v) is 8.82. The Bertz CT molecular complexity index is 979. The molecule has 0 bridgehead atoms. The molecule has 0 aromatic heterocycles. The summed E-state index contributed by atoms with van der Waals surface area (Å²) in [5, 5.41) is 10.7. The molecule has 0 radical (unpaired) electrons. The maximum atomic E-state index is 12.8. The second kappa shape index (κ2) is 9.22. The van der Waals surface area contributed by atoms with Gasteiger partial charge in [-0.2, -0.15) is 0 Å². The first-order valence-electron chi connectivity index (χ1n) is 10.8. The van der Waals surface area contributed by atoms with Crippen LogP contribution in [0.1, 0.15) is 61.2 Å². The number of aromatic hydroxyl groups is 1. The fourth-order valence-corrected chi connectivity index (χ4v) is 4.23. The standard InChI is InChI=1S/C24H31NO7/c1-12(2)18-11-32-24(29)25(18)19(26)9-14(4)13(3)7-8-16-21(27)20-17(10-31-23(20)28)15(5)22(16)30-6/h7,12,14,18,27H,8-11H2,1-6H3/b13-7+/t14-,18+/m0/s1. The van der Waals surface area contributed by atoms with Gasteiger partial charge in [-0.15, -0.1) is 0 Å². The molecule has 0 spiro atoms. The van der Waals surface area contributed by atoms with Crippen molar-refractivity contribution >= 4 is 18.0 Å². The van der Waals surface area contributed by atoms with Gasteiger partial charge in [-0.05, 0) is 37.7 Å². The van der Waals surface area contributed by atoms with Gasteiger partial charge in [0.25, 0.3) is 0 Å². The maximum Gasteiger partial charge on any atom is 0.416 e. The summed E-state index contributed by atoms with van der Waals surface area (Å²) in [7, 11) is 1.52. The monoisotopic (exact) mass is 445 g/mol. The smallest absolute Gasteiger partial charge is 0.416 e. The molecule has 2 atom stereocenters. The molecule has 1 aromatic rings. The number of fused-ring (bicyclic) bond motifs is 1. The van der Waals surface area contributed by atoms with Gasteiger partial charge in [0.2, 0.25) is 5.91 Å². The SMILES string of the molecule is COc1c(C)c2c(c(O)c1C/C=C(\C)[C@@H](C)CC(=O)N1C(=O)OC[C@@H]1C(C)C)C(=O)OC2. The lowest BCUT2D eigenvalue weighted by molar-refractivity contribution is -0.130. The minimum Gasteiger partial charge on any atom is -0.507 e. The van der Waals surface area contributed by atoms with Crippen molar-refractivity contribution in [3.05, 3.63) is 33.9 Å². The summed E-state index contributed by atoms with van der Waals surface area (Å²) in [6, 6.07) is -0.248. The number of carbonyl (C=O) groups is 3. The summed E-state index contributed by atoms with van der Waals surface area (Å²) in [5.74, 6) is -0.423. The van der Waals surface area contributed by atoms with Crippen LogP contribution in [0, 0.1) is 18.8 Å². The van der Waals surface area contributed by atoms with E-state index in [1.165, 1.54) is 12.0 Å². The Morgan fingerprint density at radius 3 is 2.59 bits per heavy atom. The van der Waals surface area contributed by atoms with E-state index < -0.39 is 12.1 Å². The predicted octanol–water partition coefficient (Wildman–Crippen LogP) is 3.90. The largest absolute Gasteiger partial charge is 0.507 e. The van der Waals surface area contributed by atoms with Crippen LogP contribution in [0.5, 0.6) is 11.5 Å². The molecule has 0 unspecified atom stereocenters. The summed E-state index contributed by atoms with van der Waals surface area (Å²) in [5.41, 5.74) is 3.03. The second-order valence-electron chi connectivity index (χ2n) is 8.82. The molecule has 1 aromatic carbocycles. The number of cyclic esters (lactones) is 2. The quantitative estimate of drug-likeness (QED) is 0.502. The van der Waals surface area contributed by atoms with Crippen LogP contribution in [0.2, 0.25) is 0 Å². The molecular weight excluding hydrogens is 414 g/mol.